The Balaban J connectivity index is 1.76. The summed E-state index contributed by atoms with van der Waals surface area (Å²) < 4.78 is 29.9. The highest BCUT2D eigenvalue weighted by molar-refractivity contribution is 7.90. The van der Waals surface area contributed by atoms with Crippen LogP contribution in [-0.4, -0.2) is 44.1 Å². The maximum Gasteiger partial charge on any atom is 0.302 e. The van der Waals surface area contributed by atoms with E-state index in [2.05, 4.69) is 6.92 Å². The maximum atomic E-state index is 13.3. The van der Waals surface area contributed by atoms with E-state index in [1.165, 1.54) is 12.5 Å². The number of hydrogen-bond acceptors (Lipinski definition) is 6. The number of ether oxygens (including phenoxy) is 1. The minimum absolute atomic E-state index is 0.0383. The van der Waals surface area contributed by atoms with E-state index >= 15 is 0 Å². The van der Waals surface area contributed by atoms with E-state index in [0.29, 0.717) is 0 Å². The Kier molecular flexibility index (Phi) is 5.59. The number of rotatable bonds is 4. The predicted molar refractivity (Wildman–Crippen MR) is 120 cm³/mol. The van der Waals surface area contributed by atoms with Gasteiger partial charge in [-0.15, -0.1) is 0 Å². The Bertz CT molecular complexity index is 1040. The van der Waals surface area contributed by atoms with Gasteiger partial charge >= 0.3 is 5.97 Å². The molecule has 0 aromatic rings. The number of esters is 1. The van der Waals surface area contributed by atoms with Crippen LogP contribution in [-0.2, 0) is 29.0 Å². The second-order valence-electron chi connectivity index (χ2n) is 10.9. The van der Waals surface area contributed by atoms with Crippen LogP contribution < -0.4 is 0 Å². The van der Waals surface area contributed by atoms with Crippen LogP contribution in [0.5, 0.6) is 0 Å². The van der Waals surface area contributed by atoms with Crippen LogP contribution in [0.1, 0.15) is 59.8 Å². The highest BCUT2D eigenvalue weighted by atomic mass is 32.2. The van der Waals surface area contributed by atoms with Crippen LogP contribution in [0.25, 0.3) is 0 Å². The van der Waals surface area contributed by atoms with E-state index in [-0.39, 0.29) is 52.8 Å². The fourth-order valence-electron chi connectivity index (χ4n) is 7.63. The van der Waals surface area contributed by atoms with E-state index in [1.54, 1.807) is 12.2 Å². The molecule has 0 bridgehead atoms. The Morgan fingerprint density at radius 1 is 1.22 bits per heavy atom. The van der Waals surface area contributed by atoms with Gasteiger partial charge in [-0.3, -0.25) is 14.4 Å². The van der Waals surface area contributed by atoms with Crippen molar-refractivity contribution in [1.29, 1.82) is 0 Å². The van der Waals surface area contributed by atoms with E-state index in [4.69, 9.17) is 4.74 Å². The topological polar surface area (TPSA) is 94.6 Å². The molecule has 7 heteroatoms. The summed E-state index contributed by atoms with van der Waals surface area (Å²) in [6.07, 6.45) is 7.42. The SMILES string of the molecule is CC(=O)OC(CS(C)(=O)=O)C1CC(=O)[C@@]2(C)CC[C@@H]3[C@@H](CCC4=CC(=O)C=C(C)[C@@]43C)[C@H]12. The molecule has 0 aromatic carbocycles. The highest BCUT2D eigenvalue weighted by Crippen LogP contribution is 2.66. The van der Waals surface area contributed by atoms with Gasteiger partial charge in [0.15, 0.2) is 15.6 Å². The first-order chi connectivity index (χ1) is 14.8. The minimum Gasteiger partial charge on any atom is -0.461 e. The lowest BCUT2D eigenvalue weighted by Crippen LogP contribution is -2.53. The van der Waals surface area contributed by atoms with Crippen LogP contribution in [0.2, 0.25) is 0 Å². The molecule has 0 aliphatic heterocycles. The van der Waals surface area contributed by atoms with E-state index < -0.39 is 27.3 Å². The third kappa shape index (κ3) is 3.61. The third-order valence-electron chi connectivity index (χ3n) is 9.12. The summed E-state index contributed by atoms with van der Waals surface area (Å²) in [5.74, 6) is -0.426. The van der Waals surface area contributed by atoms with E-state index in [9.17, 15) is 22.8 Å². The quantitative estimate of drug-likeness (QED) is 0.594. The first-order valence-electron chi connectivity index (χ1n) is 11.6. The Labute approximate surface area is 190 Å². The van der Waals surface area contributed by atoms with Crippen molar-refractivity contribution in [2.45, 2.75) is 65.9 Å². The van der Waals surface area contributed by atoms with Crippen molar-refractivity contribution >= 4 is 27.4 Å². The summed E-state index contributed by atoms with van der Waals surface area (Å²) in [6, 6.07) is 0. The van der Waals surface area contributed by atoms with Gasteiger partial charge in [-0.2, -0.15) is 0 Å². The number of carbonyl (C=O) groups is 3. The lowest BCUT2D eigenvalue weighted by Gasteiger charge is -2.58. The van der Waals surface area contributed by atoms with Gasteiger partial charge in [-0.1, -0.05) is 25.0 Å². The van der Waals surface area contributed by atoms with Gasteiger partial charge in [-0.05, 0) is 62.5 Å². The van der Waals surface area contributed by atoms with E-state index in [0.717, 1.165) is 37.5 Å². The second-order valence-corrected chi connectivity index (χ2v) is 13.1. The summed E-state index contributed by atoms with van der Waals surface area (Å²) in [6.45, 7) is 7.58. The minimum atomic E-state index is -3.40. The van der Waals surface area contributed by atoms with Gasteiger partial charge in [0.25, 0.3) is 0 Å². The van der Waals surface area contributed by atoms with Crippen molar-refractivity contribution in [3.8, 4) is 0 Å². The van der Waals surface area contributed by atoms with Crippen molar-refractivity contribution in [2.24, 2.45) is 34.5 Å². The highest BCUT2D eigenvalue weighted by Gasteiger charge is 2.63. The van der Waals surface area contributed by atoms with Gasteiger partial charge in [0.2, 0.25) is 0 Å². The molecule has 0 heterocycles. The van der Waals surface area contributed by atoms with Gasteiger partial charge in [0.05, 0.1) is 5.75 Å². The molecule has 0 saturated heterocycles. The number of Topliss-reactive ketones (excluding diaryl/α,β-unsaturated/α-hetero) is 1. The molecular weight excluding hydrogens is 428 g/mol. The summed E-state index contributed by atoms with van der Waals surface area (Å²) >= 11 is 0. The molecule has 3 saturated carbocycles. The number of allylic oxidation sites excluding steroid dienone is 4. The molecule has 0 radical (unpaired) electrons. The Hall–Kier alpha value is -1.76. The molecule has 4 rings (SSSR count). The normalized spacial score (nSPS) is 39.9. The average molecular weight is 463 g/mol. The van der Waals surface area contributed by atoms with Gasteiger partial charge in [-0.25, -0.2) is 8.42 Å². The Morgan fingerprint density at radius 2 is 1.91 bits per heavy atom. The van der Waals surface area contributed by atoms with Crippen LogP contribution in [0, 0.1) is 34.5 Å². The van der Waals surface area contributed by atoms with Crippen molar-refractivity contribution in [3.05, 3.63) is 23.3 Å². The first-order valence-corrected chi connectivity index (χ1v) is 13.7. The molecule has 176 valence electrons. The zero-order valence-electron chi connectivity index (χ0n) is 19.6. The van der Waals surface area contributed by atoms with Crippen LogP contribution in [0.3, 0.4) is 0 Å². The molecule has 0 spiro atoms. The summed E-state index contributed by atoms with van der Waals surface area (Å²) in [7, 11) is -3.40. The zero-order valence-corrected chi connectivity index (χ0v) is 20.5. The van der Waals surface area contributed by atoms with Crippen LogP contribution >= 0.6 is 0 Å². The lowest BCUT2D eigenvalue weighted by molar-refractivity contribution is -0.151. The molecule has 0 N–H and O–H groups in total. The lowest BCUT2D eigenvalue weighted by atomic mass is 9.46. The molecular formula is C25H34O6S. The molecule has 0 aromatic heterocycles. The fourth-order valence-corrected chi connectivity index (χ4v) is 8.54. The van der Waals surface area contributed by atoms with Crippen LogP contribution in [0.4, 0.5) is 0 Å². The van der Waals surface area contributed by atoms with Gasteiger partial charge in [0.1, 0.15) is 11.9 Å². The van der Waals surface area contributed by atoms with Crippen molar-refractivity contribution in [1.82, 2.24) is 0 Å². The van der Waals surface area contributed by atoms with Crippen molar-refractivity contribution < 1.29 is 27.5 Å². The second kappa shape index (κ2) is 7.64. The maximum absolute atomic E-state index is 13.3. The fraction of sp³-hybridized carbons (Fsp3) is 0.720. The monoisotopic (exact) mass is 462 g/mol. The van der Waals surface area contributed by atoms with Gasteiger partial charge in [0, 0.05) is 36.3 Å². The number of ketones is 2. The summed E-state index contributed by atoms with van der Waals surface area (Å²) in [4.78, 5) is 37.3. The predicted octanol–water partition coefficient (Wildman–Crippen LogP) is 3.46. The molecule has 0 amide bonds. The smallest absolute Gasteiger partial charge is 0.302 e. The summed E-state index contributed by atoms with van der Waals surface area (Å²) in [5.41, 5.74) is 1.51. The Morgan fingerprint density at radius 3 is 2.53 bits per heavy atom. The molecule has 32 heavy (non-hydrogen) atoms. The number of sulfone groups is 1. The zero-order chi connectivity index (χ0) is 23.6. The molecule has 4 aliphatic rings. The molecule has 2 unspecified atom stereocenters. The molecule has 7 atom stereocenters. The summed E-state index contributed by atoms with van der Waals surface area (Å²) in [5, 5.41) is 0. The van der Waals surface area contributed by atoms with Crippen LogP contribution in [0.15, 0.2) is 23.3 Å². The number of fused-ring (bicyclic) bond motifs is 5. The first kappa shape index (κ1) is 23.4. The standard InChI is InChI=1S/C25H34O6S/c1-14-10-17(27)11-16-6-7-18-20(25(14,16)4)8-9-24(3)22(28)12-19(23(18)24)21(31-15(2)26)13-32(5,29)30/h10-11,18-21,23H,6-9,12-13H2,1-5H3/t18-,19?,20-,21?,23-,24-,25+/m1/s1. The van der Waals surface area contributed by atoms with Crippen molar-refractivity contribution in [2.75, 3.05) is 12.0 Å². The van der Waals surface area contributed by atoms with Gasteiger partial charge < -0.3 is 4.74 Å². The number of hydrogen-bond donors (Lipinski definition) is 0. The molecule has 6 nitrogen and oxygen atoms in total. The number of carbonyl (C=O) groups excluding carboxylic acids is 3. The van der Waals surface area contributed by atoms with Crippen molar-refractivity contribution in [3.63, 3.8) is 0 Å². The third-order valence-corrected chi connectivity index (χ3v) is 10.1. The average Bonchev–Trinajstić information content (AvgIpc) is 2.92. The largest absolute Gasteiger partial charge is 0.461 e. The molecule has 4 aliphatic carbocycles. The molecule has 3 fully saturated rings. The van der Waals surface area contributed by atoms with E-state index in [1.807, 2.05) is 13.8 Å².